The zero-order chi connectivity index (χ0) is 24.2. The summed E-state index contributed by atoms with van der Waals surface area (Å²) < 4.78 is 16.8. The van der Waals surface area contributed by atoms with Crippen LogP contribution in [0.25, 0.3) is 11.3 Å². The Labute approximate surface area is 199 Å². The van der Waals surface area contributed by atoms with Gasteiger partial charge in [-0.1, -0.05) is 17.7 Å². The molecular formula is C23H22ClFN6O3. The first kappa shape index (κ1) is 23.6. The fourth-order valence-electron chi connectivity index (χ4n) is 3.54. The standard InChI is InChI=1S/C23H22ClFN6O3/c1-14-20(12-30(29-14)8-9-32)28-23-26-6-4-19(27-23)15-5-7-31(22(34)11-15)21(13-33)16-2-3-17(24)18(25)10-16/h2-7,10-12,21,32-33H,8-9,13H2,1H3,(H,26,27,28). The molecule has 34 heavy (non-hydrogen) atoms. The Balaban J connectivity index is 1.60. The summed E-state index contributed by atoms with van der Waals surface area (Å²) in [5, 5.41) is 26.3. The molecule has 4 aromatic rings. The molecule has 0 radical (unpaired) electrons. The van der Waals surface area contributed by atoms with Crippen LogP contribution < -0.4 is 10.9 Å². The van der Waals surface area contributed by atoms with Crippen molar-refractivity contribution in [2.45, 2.75) is 19.5 Å². The number of hydrogen-bond acceptors (Lipinski definition) is 7. The monoisotopic (exact) mass is 484 g/mol. The summed E-state index contributed by atoms with van der Waals surface area (Å²) in [6.07, 6.45) is 4.84. The van der Waals surface area contributed by atoms with Gasteiger partial charge >= 0.3 is 0 Å². The Morgan fingerprint density at radius 1 is 1.21 bits per heavy atom. The number of aromatic nitrogens is 5. The molecule has 0 fully saturated rings. The van der Waals surface area contributed by atoms with Gasteiger partial charge in [0.05, 0.1) is 47.9 Å². The minimum absolute atomic E-state index is 0.0256. The third kappa shape index (κ3) is 4.98. The van der Waals surface area contributed by atoms with E-state index in [0.29, 0.717) is 35.0 Å². The van der Waals surface area contributed by atoms with Gasteiger partial charge in [-0.2, -0.15) is 5.10 Å². The number of pyridine rings is 1. The average Bonchev–Trinajstić information content (AvgIpc) is 3.16. The molecule has 0 saturated carbocycles. The van der Waals surface area contributed by atoms with Gasteiger partial charge in [0.2, 0.25) is 5.95 Å². The van der Waals surface area contributed by atoms with Gasteiger partial charge in [0, 0.05) is 30.2 Å². The molecule has 11 heteroatoms. The molecular weight excluding hydrogens is 463 g/mol. The van der Waals surface area contributed by atoms with E-state index < -0.39 is 18.5 Å². The highest BCUT2D eigenvalue weighted by Crippen LogP contribution is 2.24. The molecule has 3 aromatic heterocycles. The first-order chi connectivity index (χ1) is 16.4. The van der Waals surface area contributed by atoms with Gasteiger partial charge in [-0.3, -0.25) is 9.48 Å². The Bertz CT molecular complexity index is 1370. The Morgan fingerprint density at radius 2 is 2.03 bits per heavy atom. The predicted octanol–water partition coefficient (Wildman–Crippen LogP) is 2.92. The van der Waals surface area contributed by atoms with Crippen LogP contribution in [0.3, 0.4) is 0 Å². The summed E-state index contributed by atoms with van der Waals surface area (Å²) in [5.41, 5.74) is 2.52. The SMILES string of the molecule is Cc1nn(CCO)cc1Nc1nccc(-c2ccn(C(CO)c3ccc(Cl)c(F)c3)c(=O)c2)n1. The first-order valence-electron chi connectivity index (χ1n) is 10.4. The van der Waals surface area contributed by atoms with E-state index in [9.17, 15) is 14.3 Å². The van der Waals surface area contributed by atoms with Crippen LogP contribution in [0.2, 0.25) is 5.02 Å². The van der Waals surface area contributed by atoms with Gasteiger partial charge in [0.25, 0.3) is 5.56 Å². The molecule has 0 saturated heterocycles. The number of halogens is 2. The molecule has 3 heterocycles. The summed E-state index contributed by atoms with van der Waals surface area (Å²) in [7, 11) is 0. The fourth-order valence-corrected chi connectivity index (χ4v) is 3.66. The highest BCUT2D eigenvalue weighted by Gasteiger charge is 2.17. The van der Waals surface area contributed by atoms with Crippen LogP contribution in [0.5, 0.6) is 0 Å². The minimum atomic E-state index is -0.769. The van der Waals surface area contributed by atoms with Crippen molar-refractivity contribution in [2.75, 3.05) is 18.5 Å². The highest BCUT2D eigenvalue weighted by atomic mass is 35.5. The number of rotatable bonds is 8. The summed E-state index contributed by atoms with van der Waals surface area (Å²) >= 11 is 5.74. The number of hydrogen-bond donors (Lipinski definition) is 3. The molecule has 4 rings (SSSR count). The number of anilines is 2. The zero-order valence-corrected chi connectivity index (χ0v) is 18.9. The van der Waals surface area contributed by atoms with E-state index in [-0.39, 0.29) is 17.2 Å². The van der Waals surface area contributed by atoms with Gasteiger partial charge in [-0.25, -0.2) is 14.4 Å². The largest absolute Gasteiger partial charge is 0.394 e. The molecule has 0 amide bonds. The molecule has 3 N–H and O–H groups in total. The van der Waals surface area contributed by atoms with E-state index in [2.05, 4.69) is 20.4 Å². The van der Waals surface area contributed by atoms with Crippen molar-refractivity contribution < 1.29 is 14.6 Å². The molecule has 1 atom stereocenters. The maximum Gasteiger partial charge on any atom is 0.251 e. The zero-order valence-electron chi connectivity index (χ0n) is 18.2. The molecule has 9 nitrogen and oxygen atoms in total. The van der Waals surface area contributed by atoms with Crippen LogP contribution in [0.1, 0.15) is 17.3 Å². The van der Waals surface area contributed by atoms with E-state index in [1.807, 2.05) is 6.92 Å². The van der Waals surface area contributed by atoms with E-state index >= 15 is 0 Å². The molecule has 1 aromatic carbocycles. The number of nitrogens with one attached hydrogen (secondary N) is 1. The van der Waals surface area contributed by atoms with Crippen molar-refractivity contribution in [2.24, 2.45) is 0 Å². The van der Waals surface area contributed by atoms with Gasteiger partial charge in [-0.15, -0.1) is 0 Å². The number of aryl methyl sites for hydroxylation is 1. The highest BCUT2D eigenvalue weighted by molar-refractivity contribution is 6.30. The maximum absolute atomic E-state index is 13.9. The van der Waals surface area contributed by atoms with Crippen LogP contribution in [0.4, 0.5) is 16.0 Å². The van der Waals surface area contributed by atoms with Crippen LogP contribution in [0, 0.1) is 12.7 Å². The fraction of sp³-hybridized carbons (Fsp3) is 0.217. The number of aliphatic hydroxyl groups excluding tert-OH is 2. The van der Waals surface area contributed by atoms with E-state index in [1.54, 1.807) is 35.3 Å². The molecule has 1 unspecified atom stereocenters. The Morgan fingerprint density at radius 3 is 2.74 bits per heavy atom. The van der Waals surface area contributed by atoms with Crippen molar-refractivity contribution >= 4 is 23.2 Å². The van der Waals surface area contributed by atoms with E-state index in [0.717, 1.165) is 5.69 Å². The molecule has 0 aliphatic heterocycles. The summed E-state index contributed by atoms with van der Waals surface area (Å²) in [6, 6.07) is 8.15. The summed E-state index contributed by atoms with van der Waals surface area (Å²) in [5.74, 6) is -0.307. The molecule has 0 aliphatic rings. The van der Waals surface area contributed by atoms with Crippen LogP contribution >= 0.6 is 11.6 Å². The van der Waals surface area contributed by atoms with Crippen molar-refractivity contribution in [1.82, 2.24) is 24.3 Å². The number of nitrogens with zero attached hydrogens (tertiary/aromatic N) is 5. The van der Waals surface area contributed by atoms with Crippen LogP contribution in [-0.2, 0) is 6.54 Å². The molecule has 0 spiro atoms. The normalized spacial score (nSPS) is 12.0. The lowest BCUT2D eigenvalue weighted by molar-refractivity contribution is 0.247. The summed E-state index contributed by atoms with van der Waals surface area (Å²) in [4.78, 5) is 21.6. The van der Waals surface area contributed by atoms with Crippen molar-refractivity contribution in [3.05, 3.63) is 87.4 Å². The van der Waals surface area contributed by atoms with Crippen molar-refractivity contribution in [1.29, 1.82) is 0 Å². The second kappa shape index (κ2) is 10.1. The van der Waals surface area contributed by atoms with E-state index in [4.69, 9.17) is 16.7 Å². The average molecular weight is 485 g/mol. The lowest BCUT2D eigenvalue weighted by atomic mass is 10.1. The van der Waals surface area contributed by atoms with Gasteiger partial charge < -0.3 is 20.1 Å². The smallest absolute Gasteiger partial charge is 0.251 e. The number of aliphatic hydroxyl groups is 2. The second-order valence-corrected chi connectivity index (χ2v) is 7.95. The van der Waals surface area contributed by atoms with Crippen molar-refractivity contribution in [3.63, 3.8) is 0 Å². The predicted molar refractivity (Wildman–Crippen MR) is 126 cm³/mol. The van der Waals surface area contributed by atoms with Gasteiger partial charge in [-0.05, 0) is 36.8 Å². The third-order valence-corrected chi connectivity index (χ3v) is 5.57. The number of benzene rings is 1. The van der Waals surface area contributed by atoms with E-state index in [1.165, 1.54) is 29.0 Å². The topological polar surface area (TPSA) is 118 Å². The van der Waals surface area contributed by atoms with Crippen LogP contribution in [0.15, 0.2) is 59.8 Å². The second-order valence-electron chi connectivity index (χ2n) is 7.54. The van der Waals surface area contributed by atoms with Crippen molar-refractivity contribution in [3.8, 4) is 11.3 Å². The summed E-state index contributed by atoms with van der Waals surface area (Å²) in [6.45, 7) is 1.77. The van der Waals surface area contributed by atoms with Crippen LogP contribution in [-0.4, -0.2) is 47.7 Å². The maximum atomic E-state index is 13.9. The lowest BCUT2D eigenvalue weighted by Gasteiger charge is -2.18. The molecule has 0 bridgehead atoms. The Hall–Kier alpha value is -3.60. The first-order valence-corrected chi connectivity index (χ1v) is 10.8. The third-order valence-electron chi connectivity index (χ3n) is 5.26. The molecule has 176 valence electrons. The quantitative estimate of drug-likeness (QED) is 0.352. The van der Waals surface area contributed by atoms with Gasteiger partial charge in [0.1, 0.15) is 5.82 Å². The molecule has 0 aliphatic carbocycles. The minimum Gasteiger partial charge on any atom is -0.394 e. The lowest BCUT2D eigenvalue weighted by Crippen LogP contribution is -2.27. The van der Waals surface area contributed by atoms with Gasteiger partial charge in [0.15, 0.2) is 0 Å². The Kier molecular flexibility index (Phi) is 7.01.